The number of nitrogens with zero attached hydrogens (tertiary/aromatic N) is 1. The molecule has 0 saturated carbocycles. The SMILES string of the molecule is CCCNC(=O)[C@@H](C)N(Cc1ccc(Cl)c(Cl)c1)C(=O)COc1cc(C)c(Br)c(C)c1. The first kappa shape index (κ1) is 25.5. The van der Waals surface area contributed by atoms with Gasteiger partial charge in [-0.25, -0.2) is 0 Å². The van der Waals surface area contributed by atoms with Crippen LogP contribution in [0.15, 0.2) is 34.8 Å². The zero-order valence-electron chi connectivity index (χ0n) is 18.1. The lowest BCUT2D eigenvalue weighted by atomic mass is 10.1. The van der Waals surface area contributed by atoms with E-state index in [1.807, 2.05) is 32.9 Å². The highest BCUT2D eigenvalue weighted by Gasteiger charge is 2.26. The summed E-state index contributed by atoms with van der Waals surface area (Å²) in [4.78, 5) is 27.1. The fourth-order valence-electron chi connectivity index (χ4n) is 3.03. The highest BCUT2D eigenvalue weighted by atomic mass is 79.9. The van der Waals surface area contributed by atoms with Gasteiger partial charge in [-0.2, -0.15) is 0 Å². The number of ether oxygens (including phenoxy) is 1. The van der Waals surface area contributed by atoms with E-state index < -0.39 is 6.04 Å². The molecule has 0 saturated heterocycles. The van der Waals surface area contributed by atoms with Gasteiger partial charge in [-0.3, -0.25) is 9.59 Å². The van der Waals surface area contributed by atoms with Crippen LogP contribution in [-0.4, -0.2) is 35.9 Å². The standard InChI is InChI=1S/C23H27BrCl2N2O3/c1-5-8-27-23(30)16(4)28(12-17-6-7-19(25)20(26)11-17)21(29)13-31-18-9-14(2)22(24)15(3)10-18/h6-7,9-11,16H,5,8,12-13H2,1-4H3,(H,27,30)/t16-/m1/s1. The first-order valence-electron chi connectivity index (χ1n) is 10.0. The van der Waals surface area contributed by atoms with Gasteiger partial charge in [0.25, 0.3) is 5.91 Å². The van der Waals surface area contributed by atoms with Crippen LogP contribution in [0.5, 0.6) is 5.75 Å². The normalized spacial score (nSPS) is 11.7. The highest BCUT2D eigenvalue weighted by Crippen LogP contribution is 2.27. The van der Waals surface area contributed by atoms with Gasteiger partial charge in [0.05, 0.1) is 10.0 Å². The summed E-state index contributed by atoms with van der Waals surface area (Å²) >= 11 is 15.7. The van der Waals surface area contributed by atoms with E-state index >= 15 is 0 Å². The number of rotatable bonds is 9. The molecular formula is C23H27BrCl2N2O3. The van der Waals surface area contributed by atoms with Crippen molar-refractivity contribution in [3.8, 4) is 5.75 Å². The van der Waals surface area contributed by atoms with Crippen molar-refractivity contribution in [1.29, 1.82) is 0 Å². The van der Waals surface area contributed by atoms with Gasteiger partial charge in [0.15, 0.2) is 6.61 Å². The number of benzene rings is 2. The van der Waals surface area contributed by atoms with Crippen LogP contribution in [0.1, 0.15) is 37.0 Å². The van der Waals surface area contributed by atoms with E-state index in [9.17, 15) is 9.59 Å². The highest BCUT2D eigenvalue weighted by molar-refractivity contribution is 9.10. The number of carbonyl (C=O) groups is 2. The lowest BCUT2D eigenvalue weighted by Crippen LogP contribution is -2.49. The van der Waals surface area contributed by atoms with E-state index in [0.717, 1.165) is 27.6 Å². The molecule has 31 heavy (non-hydrogen) atoms. The molecule has 2 aromatic carbocycles. The summed E-state index contributed by atoms with van der Waals surface area (Å²) in [6.45, 7) is 8.16. The van der Waals surface area contributed by atoms with Crippen LogP contribution >= 0.6 is 39.1 Å². The quantitative estimate of drug-likeness (QED) is 0.453. The number of nitrogens with one attached hydrogen (secondary N) is 1. The summed E-state index contributed by atoms with van der Waals surface area (Å²) in [5.41, 5.74) is 2.80. The molecule has 0 aliphatic heterocycles. The third-order valence-electron chi connectivity index (χ3n) is 4.83. The average molecular weight is 530 g/mol. The number of hydrogen-bond acceptors (Lipinski definition) is 3. The van der Waals surface area contributed by atoms with Gasteiger partial charge in [0.1, 0.15) is 11.8 Å². The van der Waals surface area contributed by atoms with E-state index in [4.69, 9.17) is 27.9 Å². The van der Waals surface area contributed by atoms with E-state index in [0.29, 0.717) is 22.3 Å². The maximum Gasteiger partial charge on any atom is 0.261 e. The van der Waals surface area contributed by atoms with Gasteiger partial charge in [0, 0.05) is 17.6 Å². The zero-order chi connectivity index (χ0) is 23.1. The monoisotopic (exact) mass is 528 g/mol. The predicted octanol–water partition coefficient (Wildman–Crippen LogP) is 5.70. The van der Waals surface area contributed by atoms with Crippen molar-refractivity contribution in [2.24, 2.45) is 0 Å². The molecule has 2 rings (SSSR count). The van der Waals surface area contributed by atoms with Gasteiger partial charge < -0.3 is 15.0 Å². The molecule has 5 nitrogen and oxygen atoms in total. The molecule has 0 aliphatic rings. The molecule has 0 unspecified atom stereocenters. The Hall–Kier alpha value is -1.76. The van der Waals surface area contributed by atoms with Crippen LogP contribution < -0.4 is 10.1 Å². The summed E-state index contributed by atoms with van der Waals surface area (Å²) < 4.78 is 6.77. The molecule has 0 heterocycles. The molecule has 1 atom stereocenters. The minimum atomic E-state index is -0.675. The minimum absolute atomic E-state index is 0.187. The third kappa shape index (κ3) is 7.13. The average Bonchev–Trinajstić information content (AvgIpc) is 2.74. The molecule has 2 aromatic rings. The van der Waals surface area contributed by atoms with Gasteiger partial charge in [-0.1, -0.05) is 52.1 Å². The molecular weight excluding hydrogens is 503 g/mol. The van der Waals surface area contributed by atoms with Crippen LogP contribution in [0.3, 0.4) is 0 Å². The lowest BCUT2D eigenvalue weighted by molar-refractivity contribution is -0.142. The fourth-order valence-corrected chi connectivity index (χ4v) is 3.58. The number of carbonyl (C=O) groups excluding carboxylic acids is 2. The molecule has 0 aromatic heterocycles. The summed E-state index contributed by atoms with van der Waals surface area (Å²) in [7, 11) is 0. The Morgan fingerprint density at radius 1 is 1.13 bits per heavy atom. The maximum atomic E-state index is 13.1. The second kappa shape index (κ2) is 11.7. The van der Waals surface area contributed by atoms with Gasteiger partial charge in [-0.15, -0.1) is 0 Å². The van der Waals surface area contributed by atoms with Crippen molar-refractivity contribution >= 4 is 50.9 Å². The second-order valence-electron chi connectivity index (χ2n) is 7.40. The van der Waals surface area contributed by atoms with E-state index in [-0.39, 0.29) is 25.0 Å². The number of halogens is 3. The largest absolute Gasteiger partial charge is 0.484 e. The first-order valence-corrected chi connectivity index (χ1v) is 11.6. The Morgan fingerprint density at radius 2 is 1.77 bits per heavy atom. The molecule has 8 heteroatoms. The molecule has 2 amide bonds. The Balaban J connectivity index is 2.20. The smallest absolute Gasteiger partial charge is 0.261 e. The molecule has 0 spiro atoms. The van der Waals surface area contributed by atoms with Crippen molar-refractivity contribution in [2.45, 2.75) is 46.7 Å². The summed E-state index contributed by atoms with van der Waals surface area (Å²) in [6, 6.07) is 8.21. The van der Waals surface area contributed by atoms with Crippen LogP contribution in [0, 0.1) is 13.8 Å². The number of amides is 2. The molecule has 1 N–H and O–H groups in total. The van der Waals surface area contributed by atoms with Gasteiger partial charge in [0.2, 0.25) is 5.91 Å². The second-order valence-corrected chi connectivity index (χ2v) is 9.00. The molecule has 0 fully saturated rings. The third-order valence-corrected chi connectivity index (χ3v) is 6.82. The Bertz CT molecular complexity index is 929. The molecule has 0 radical (unpaired) electrons. The summed E-state index contributed by atoms with van der Waals surface area (Å²) in [5.74, 6) is 0.0816. The maximum absolute atomic E-state index is 13.1. The van der Waals surface area contributed by atoms with E-state index in [1.54, 1.807) is 25.1 Å². The fraction of sp³-hybridized carbons (Fsp3) is 0.391. The number of hydrogen-bond donors (Lipinski definition) is 1. The van der Waals surface area contributed by atoms with Crippen LogP contribution in [-0.2, 0) is 16.1 Å². The lowest BCUT2D eigenvalue weighted by Gasteiger charge is -2.29. The van der Waals surface area contributed by atoms with E-state index in [2.05, 4.69) is 21.2 Å². The molecule has 0 aliphatic carbocycles. The first-order chi connectivity index (χ1) is 14.6. The van der Waals surface area contributed by atoms with Gasteiger partial charge >= 0.3 is 0 Å². The van der Waals surface area contributed by atoms with Crippen molar-refractivity contribution in [1.82, 2.24) is 10.2 Å². The van der Waals surface area contributed by atoms with Gasteiger partial charge in [-0.05, 0) is 68.1 Å². The van der Waals surface area contributed by atoms with Crippen molar-refractivity contribution in [3.05, 3.63) is 61.5 Å². The topological polar surface area (TPSA) is 58.6 Å². The van der Waals surface area contributed by atoms with E-state index in [1.165, 1.54) is 4.90 Å². The Labute approximate surface area is 202 Å². The Kier molecular flexibility index (Phi) is 9.66. The minimum Gasteiger partial charge on any atom is -0.484 e. The number of aryl methyl sites for hydroxylation is 2. The van der Waals surface area contributed by atoms with Crippen LogP contribution in [0.4, 0.5) is 0 Å². The molecule has 168 valence electrons. The Morgan fingerprint density at radius 3 is 2.35 bits per heavy atom. The zero-order valence-corrected chi connectivity index (χ0v) is 21.2. The van der Waals surface area contributed by atoms with Crippen molar-refractivity contribution in [2.75, 3.05) is 13.2 Å². The van der Waals surface area contributed by atoms with Crippen LogP contribution in [0.25, 0.3) is 0 Å². The summed E-state index contributed by atoms with van der Waals surface area (Å²) in [6.07, 6.45) is 0.810. The predicted molar refractivity (Wildman–Crippen MR) is 129 cm³/mol. The molecule has 0 bridgehead atoms. The van der Waals surface area contributed by atoms with Crippen LogP contribution in [0.2, 0.25) is 10.0 Å². The van der Waals surface area contributed by atoms with Crippen molar-refractivity contribution < 1.29 is 14.3 Å². The van der Waals surface area contributed by atoms with Crippen molar-refractivity contribution in [3.63, 3.8) is 0 Å². The summed E-state index contributed by atoms with van der Waals surface area (Å²) in [5, 5.41) is 3.67.